The van der Waals surface area contributed by atoms with E-state index < -0.39 is 0 Å². The maximum absolute atomic E-state index is 12.2. The Balaban J connectivity index is 0.00000169. The van der Waals surface area contributed by atoms with Crippen LogP contribution in [0.2, 0.25) is 0 Å². The number of carbonyl (C=O) groups is 1. The van der Waals surface area contributed by atoms with E-state index in [0.29, 0.717) is 6.54 Å². The molecule has 0 saturated carbocycles. The summed E-state index contributed by atoms with van der Waals surface area (Å²) in [5.41, 5.74) is 4.75. The van der Waals surface area contributed by atoms with Gasteiger partial charge in [0.15, 0.2) is 0 Å². The Labute approximate surface area is 148 Å². The Hall–Kier alpha value is -1.85. The number of rotatable bonds is 4. The molecule has 0 spiro atoms. The molecular formula is C18H23ClN4O. The van der Waals surface area contributed by atoms with Crippen molar-refractivity contribution in [3.8, 4) is 5.69 Å². The molecule has 1 amide bonds. The van der Waals surface area contributed by atoms with E-state index in [9.17, 15) is 4.79 Å². The van der Waals surface area contributed by atoms with Crippen molar-refractivity contribution in [1.29, 1.82) is 0 Å². The largest absolute Gasteiger partial charge is 0.349 e. The van der Waals surface area contributed by atoms with E-state index in [0.717, 1.165) is 43.6 Å². The van der Waals surface area contributed by atoms with Crippen molar-refractivity contribution in [2.45, 2.75) is 44.7 Å². The fourth-order valence-electron chi connectivity index (χ4n) is 3.64. The molecule has 1 saturated heterocycles. The van der Waals surface area contributed by atoms with Crippen LogP contribution in [-0.4, -0.2) is 28.3 Å². The molecule has 1 aromatic carbocycles. The quantitative estimate of drug-likeness (QED) is 0.891. The molecule has 1 atom stereocenters. The number of para-hydroxylation sites is 1. The average Bonchev–Trinajstić information content (AvgIpc) is 3.31. The zero-order valence-corrected chi connectivity index (χ0v) is 14.4. The summed E-state index contributed by atoms with van der Waals surface area (Å²) in [4.78, 5) is 12.2. The molecule has 5 nitrogen and oxygen atoms in total. The Kier molecular flexibility index (Phi) is 5.21. The highest BCUT2D eigenvalue weighted by molar-refractivity contribution is 5.85. The van der Waals surface area contributed by atoms with Gasteiger partial charge in [0.25, 0.3) is 0 Å². The Morgan fingerprint density at radius 3 is 2.83 bits per heavy atom. The van der Waals surface area contributed by atoms with Crippen LogP contribution in [0.4, 0.5) is 0 Å². The van der Waals surface area contributed by atoms with Gasteiger partial charge in [-0.05, 0) is 56.3 Å². The van der Waals surface area contributed by atoms with Crippen molar-refractivity contribution >= 4 is 18.3 Å². The Morgan fingerprint density at radius 2 is 2.08 bits per heavy atom. The third kappa shape index (κ3) is 3.19. The molecule has 128 valence electrons. The summed E-state index contributed by atoms with van der Waals surface area (Å²) < 4.78 is 2.05. The number of nitrogens with one attached hydrogen (secondary N) is 2. The van der Waals surface area contributed by atoms with Gasteiger partial charge in [0.05, 0.1) is 24.0 Å². The molecule has 0 bridgehead atoms. The monoisotopic (exact) mass is 346 g/mol. The highest BCUT2D eigenvalue weighted by atomic mass is 35.5. The van der Waals surface area contributed by atoms with E-state index >= 15 is 0 Å². The fourth-order valence-corrected chi connectivity index (χ4v) is 3.64. The van der Waals surface area contributed by atoms with Crippen LogP contribution >= 0.6 is 12.4 Å². The zero-order valence-electron chi connectivity index (χ0n) is 13.6. The first-order chi connectivity index (χ1) is 11.3. The van der Waals surface area contributed by atoms with E-state index in [2.05, 4.69) is 27.4 Å². The van der Waals surface area contributed by atoms with E-state index in [1.54, 1.807) is 0 Å². The number of fused-ring (bicyclic) bond motifs is 1. The summed E-state index contributed by atoms with van der Waals surface area (Å²) in [5, 5.41) is 11.1. The minimum atomic E-state index is -0.0285. The molecule has 1 aromatic heterocycles. The van der Waals surface area contributed by atoms with E-state index in [1.165, 1.54) is 17.7 Å². The molecular weight excluding hydrogens is 324 g/mol. The predicted octanol–water partition coefficient (Wildman–Crippen LogP) is 2.15. The van der Waals surface area contributed by atoms with E-state index in [1.807, 2.05) is 18.2 Å². The number of benzene rings is 1. The molecule has 2 aliphatic rings. The van der Waals surface area contributed by atoms with Gasteiger partial charge < -0.3 is 10.6 Å². The minimum Gasteiger partial charge on any atom is -0.349 e. The number of hydrogen-bond acceptors (Lipinski definition) is 3. The topological polar surface area (TPSA) is 59.0 Å². The average molecular weight is 347 g/mol. The molecule has 2 heterocycles. The first kappa shape index (κ1) is 17.0. The summed E-state index contributed by atoms with van der Waals surface area (Å²) in [6.07, 6.45) is 5.31. The molecule has 2 N–H and O–H groups in total. The summed E-state index contributed by atoms with van der Waals surface area (Å²) >= 11 is 0. The standard InChI is InChI=1S/C18H22N4O.ClH/c23-18(15-9-5-11-19-15)20-12-16-14-8-4-10-17(14)22(21-16)13-6-2-1-3-7-13;/h1-3,6-7,15,19H,4-5,8-12H2,(H,20,23);1H. The van der Waals surface area contributed by atoms with E-state index in [-0.39, 0.29) is 24.4 Å². The van der Waals surface area contributed by atoms with Crippen LogP contribution in [-0.2, 0) is 24.2 Å². The second-order valence-electron chi connectivity index (χ2n) is 6.34. The maximum atomic E-state index is 12.2. The van der Waals surface area contributed by atoms with Gasteiger partial charge in [-0.3, -0.25) is 4.79 Å². The lowest BCUT2D eigenvalue weighted by molar-refractivity contribution is -0.122. The van der Waals surface area contributed by atoms with Crippen LogP contribution in [0.15, 0.2) is 30.3 Å². The van der Waals surface area contributed by atoms with Crippen molar-refractivity contribution in [1.82, 2.24) is 20.4 Å². The molecule has 24 heavy (non-hydrogen) atoms. The summed E-state index contributed by atoms with van der Waals surface area (Å²) in [6, 6.07) is 10.2. The third-order valence-electron chi connectivity index (χ3n) is 4.82. The van der Waals surface area contributed by atoms with Crippen LogP contribution < -0.4 is 10.6 Å². The number of amides is 1. The lowest BCUT2D eigenvalue weighted by Crippen LogP contribution is -2.40. The number of aromatic nitrogens is 2. The number of halogens is 1. The van der Waals surface area contributed by atoms with Crippen LogP contribution in [0.3, 0.4) is 0 Å². The van der Waals surface area contributed by atoms with Gasteiger partial charge >= 0.3 is 0 Å². The van der Waals surface area contributed by atoms with Gasteiger partial charge in [0, 0.05) is 5.69 Å². The summed E-state index contributed by atoms with van der Waals surface area (Å²) in [7, 11) is 0. The first-order valence-electron chi connectivity index (χ1n) is 8.49. The number of hydrogen-bond donors (Lipinski definition) is 2. The second-order valence-corrected chi connectivity index (χ2v) is 6.34. The van der Waals surface area contributed by atoms with Crippen molar-refractivity contribution in [2.75, 3.05) is 6.54 Å². The lowest BCUT2D eigenvalue weighted by atomic mass is 10.2. The molecule has 1 unspecified atom stereocenters. The maximum Gasteiger partial charge on any atom is 0.237 e. The molecule has 0 radical (unpaired) electrons. The highest BCUT2D eigenvalue weighted by Crippen LogP contribution is 2.27. The molecule has 6 heteroatoms. The Morgan fingerprint density at radius 1 is 1.25 bits per heavy atom. The lowest BCUT2D eigenvalue weighted by Gasteiger charge is -2.10. The molecule has 2 aromatic rings. The van der Waals surface area contributed by atoms with Crippen LogP contribution in [0, 0.1) is 0 Å². The molecule has 1 aliphatic heterocycles. The van der Waals surface area contributed by atoms with Crippen molar-refractivity contribution < 1.29 is 4.79 Å². The number of nitrogens with zero attached hydrogens (tertiary/aromatic N) is 2. The minimum absolute atomic E-state index is 0. The first-order valence-corrected chi connectivity index (χ1v) is 8.49. The molecule has 4 rings (SSSR count). The van der Waals surface area contributed by atoms with Crippen LogP contribution in [0.5, 0.6) is 0 Å². The predicted molar refractivity (Wildman–Crippen MR) is 95.7 cm³/mol. The van der Waals surface area contributed by atoms with Crippen molar-refractivity contribution in [2.24, 2.45) is 0 Å². The normalized spacial score (nSPS) is 18.9. The number of carbonyl (C=O) groups excluding carboxylic acids is 1. The van der Waals surface area contributed by atoms with E-state index in [4.69, 9.17) is 5.10 Å². The second kappa shape index (κ2) is 7.36. The summed E-state index contributed by atoms with van der Waals surface area (Å²) in [6.45, 7) is 1.47. The smallest absolute Gasteiger partial charge is 0.237 e. The van der Waals surface area contributed by atoms with Gasteiger partial charge in [-0.1, -0.05) is 18.2 Å². The van der Waals surface area contributed by atoms with Crippen molar-refractivity contribution in [3.63, 3.8) is 0 Å². The van der Waals surface area contributed by atoms with Gasteiger partial charge in [-0.2, -0.15) is 5.10 Å². The third-order valence-corrected chi connectivity index (χ3v) is 4.82. The van der Waals surface area contributed by atoms with Gasteiger partial charge in [-0.25, -0.2) is 4.68 Å². The van der Waals surface area contributed by atoms with Crippen LogP contribution in [0.1, 0.15) is 36.2 Å². The van der Waals surface area contributed by atoms with Gasteiger partial charge in [0.1, 0.15) is 0 Å². The van der Waals surface area contributed by atoms with Crippen molar-refractivity contribution in [3.05, 3.63) is 47.3 Å². The molecule has 1 fully saturated rings. The highest BCUT2D eigenvalue weighted by Gasteiger charge is 2.25. The zero-order chi connectivity index (χ0) is 15.6. The summed E-state index contributed by atoms with van der Waals surface area (Å²) in [5.74, 6) is 0.100. The van der Waals surface area contributed by atoms with Crippen LogP contribution in [0.25, 0.3) is 5.69 Å². The Bertz CT molecular complexity index is 707. The SMILES string of the molecule is Cl.O=C(NCc1nn(-c2ccccc2)c2c1CCC2)C1CCCN1. The molecule has 1 aliphatic carbocycles. The fraction of sp³-hybridized carbons (Fsp3) is 0.444. The van der Waals surface area contributed by atoms with Gasteiger partial charge in [-0.15, -0.1) is 12.4 Å². The van der Waals surface area contributed by atoms with Gasteiger partial charge in [0.2, 0.25) is 5.91 Å².